The molecular formula is C17H22N4O3. The fourth-order valence-electron chi connectivity index (χ4n) is 3.16. The molecule has 7 heteroatoms. The standard InChI is InChI=1S/C17H22N4O3/c22-15(7-6-14-16(23)20-17(24)19-14)18-12-8-10-21(11-9-12)13-4-2-1-3-5-13/h1-5,12,14H,6-11H2,(H,18,22)(H2,19,20,23,24). The first-order valence-electron chi connectivity index (χ1n) is 8.32. The Balaban J connectivity index is 1.39. The molecule has 0 aromatic heterocycles. The van der Waals surface area contributed by atoms with E-state index < -0.39 is 12.1 Å². The van der Waals surface area contributed by atoms with Crippen LogP contribution in [0.15, 0.2) is 30.3 Å². The van der Waals surface area contributed by atoms with Crippen molar-refractivity contribution in [1.82, 2.24) is 16.0 Å². The van der Waals surface area contributed by atoms with E-state index in [-0.39, 0.29) is 24.3 Å². The molecule has 7 nitrogen and oxygen atoms in total. The lowest BCUT2D eigenvalue weighted by Gasteiger charge is -2.34. The zero-order valence-electron chi connectivity index (χ0n) is 13.5. The van der Waals surface area contributed by atoms with Crippen molar-refractivity contribution < 1.29 is 14.4 Å². The average Bonchev–Trinajstić information content (AvgIpc) is 2.92. The van der Waals surface area contributed by atoms with Crippen LogP contribution >= 0.6 is 0 Å². The summed E-state index contributed by atoms with van der Waals surface area (Å²) < 4.78 is 0. The first-order valence-corrected chi connectivity index (χ1v) is 8.32. The summed E-state index contributed by atoms with van der Waals surface area (Å²) in [5, 5.41) is 7.70. The third-order valence-corrected chi connectivity index (χ3v) is 4.50. The minimum absolute atomic E-state index is 0.0675. The number of urea groups is 1. The molecule has 2 saturated heterocycles. The summed E-state index contributed by atoms with van der Waals surface area (Å²) in [5.74, 6) is -0.425. The number of imide groups is 1. The molecular weight excluding hydrogens is 308 g/mol. The van der Waals surface area contributed by atoms with Gasteiger partial charge in [0.2, 0.25) is 5.91 Å². The van der Waals surface area contributed by atoms with Crippen LogP contribution in [0.25, 0.3) is 0 Å². The lowest BCUT2D eigenvalue weighted by molar-refractivity contribution is -0.122. The summed E-state index contributed by atoms with van der Waals surface area (Å²) in [4.78, 5) is 36.8. The SMILES string of the molecule is O=C(CCC1NC(=O)NC1=O)NC1CCN(c2ccccc2)CC1. The van der Waals surface area contributed by atoms with Crippen LogP contribution in [0, 0.1) is 0 Å². The van der Waals surface area contributed by atoms with E-state index in [0.29, 0.717) is 6.42 Å². The predicted octanol–water partition coefficient (Wildman–Crippen LogP) is 0.760. The Morgan fingerprint density at radius 3 is 2.50 bits per heavy atom. The molecule has 3 N–H and O–H groups in total. The normalized spacial score (nSPS) is 21.3. The van der Waals surface area contributed by atoms with Crippen molar-refractivity contribution in [3.05, 3.63) is 30.3 Å². The highest BCUT2D eigenvalue weighted by Gasteiger charge is 2.29. The van der Waals surface area contributed by atoms with Crippen LogP contribution in [0.5, 0.6) is 0 Å². The molecule has 0 aliphatic carbocycles. The quantitative estimate of drug-likeness (QED) is 0.695. The van der Waals surface area contributed by atoms with E-state index in [0.717, 1.165) is 25.9 Å². The fraction of sp³-hybridized carbons (Fsp3) is 0.471. The Kier molecular flexibility index (Phi) is 4.98. The van der Waals surface area contributed by atoms with Gasteiger partial charge in [0.15, 0.2) is 0 Å². The van der Waals surface area contributed by atoms with Crippen molar-refractivity contribution >= 4 is 23.5 Å². The second-order valence-corrected chi connectivity index (χ2v) is 6.22. The van der Waals surface area contributed by atoms with Gasteiger partial charge in [-0.05, 0) is 31.4 Å². The van der Waals surface area contributed by atoms with Gasteiger partial charge in [0, 0.05) is 31.2 Å². The molecule has 2 heterocycles. The molecule has 1 aromatic rings. The van der Waals surface area contributed by atoms with Crippen molar-refractivity contribution in [3.8, 4) is 0 Å². The molecule has 0 radical (unpaired) electrons. The van der Waals surface area contributed by atoms with Crippen LogP contribution < -0.4 is 20.9 Å². The monoisotopic (exact) mass is 330 g/mol. The van der Waals surface area contributed by atoms with E-state index in [2.05, 4.69) is 33.0 Å². The smallest absolute Gasteiger partial charge is 0.322 e. The number of hydrogen-bond acceptors (Lipinski definition) is 4. The molecule has 0 spiro atoms. The molecule has 2 aliphatic heterocycles. The molecule has 128 valence electrons. The number of amides is 4. The Hall–Kier alpha value is -2.57. The Labute approximate surface area is 140 Å². The van der Waals surface area contributed by atoms with Gasteiger partial charge in [-0.15, -0.1) is 0 Å². The summed E-state index contributed by atoms with van der Waals surface area (Å²) in [5.41, 5.74) is 1.21. The van der Waals surface area contributed by atoms with Crippen LogP contribution in [-0.4, -0.2) is 43.0 Å². The van der Waals surface area contributed by atoms with Gasteiger partial charge in [-0.25, -0.2) is 4.79 Å². The maximum atomic E-state index is 12.0. The number of carbonyl (C=O) groups is 3. The van der Waals surface area contributed by atoms with Crippen LogP contribution in [0.1, 0.15) is 25.7 Å². The molecule has 0 bridgehead atoms. The Morgan fingerprint density at radius 1 is 1.17 bits per heavy atom. The number of piperidine rings is 1. The minimum Gasteiger partial charge on any atom is -0.371 e. The van der Waals surface area contributed by atoms with Crippen molar-refractivity contribution in [2.75, 3.05) is 18.0 Å². The second kappa shape index (κ2) is 7.33. The van der Waals surface area contributed by atoms with E-state index in [4.69, 9.17) is 0 Å². The molecule has 1 unspecified atom stereocenters. The highest BCUT2D eigenvalue weighted by Crippen LogP contribution is 2.19. The summed E-state index contributed by atoms with van der Waals surface area (Å²) in [6, 6.07) is 9.34. The Morgan fingerprint density at radius 2 is 1.88 bits per heavy atom. The highest BCUT2D eigenvalue weighted by atomic mass is 16.2. The van der Waals surface area contributed by atoms with Gasteiger partial charge in [0.25, 0.3) is 5.91 Å². The number of hydrogen-bond donors (Lipinski definition) is 3. The fourth-order valence-corrected chi connectivity index (χ4v) is 3.16. The third-order valence-electron chi connectivity index (χ3n) is 4.50. The van der Waals surface area contributed by atoms with E-state index in [1.807, 2.05) is 18.2 Å². The first-order chi connectivity index (χ1) is 11.6. The van der Waals surface area contributed by atoms with Crippen LogP contribution in [-0.2, 0) is 9.59 Å². The molecule has 4 amide bonds. The third kappa shape index (κ3) is 4.04. The molecule has 1 aromatic carbocycles. The van der Waals surface area contributed by atoms with Crippen LogP contribution in [0.2, 0.25) is 0 Å². The average molecular weight is 330 g/mol. The maximum absolute atomic E-state index is 12.0. The summed E-state index contributed by atoms with van der Waals surface area (Å²) in [6.07, 6.45) is 2.37. The number of nitrogens with zero attached hydrogens (tertiary/aromatic N) is 1. The lowest BCUT2D eigenvalue weighted by Crippen LogP contribution is -2.45. The van der Waals surface area contributed by atoms with Crippen LogP contribution in [0.4, 0.5) is 10.5 Å². The van der Waals surface area contributed by atoms with Crippen molar-refractivity contribution in [2.24, 2.45) is 0 Å². The van der Waals surface area contributed by atoms with Gasteiger partial charge >= 0.3 is 6.03 Å². The molecule has 3 rings (SSSR count). The van der Waals surface area contributed by atoms with E-state index in [1.165, 1.54) is 5.69 Å². The van der Waals surface area contributed by atoms with Gasteiger partial charge < -0.3 is 15.5 Å². The number of rotatable bonds is 5. The number of anilines is 1. The van der Waals surface area contributed by atoms with Crippen molar-refractivity contribution in [3.63, 3.8) is 0 Å². The molecule has 0 saturated carbocycles. The summed E-state index contributed by atoms with van der Waals surface area (Å²) >= 11 is 0. The van der Waals surface area contributed by atoms with Gasteiger partial charge in [-0.1, -0.05) is 18.2 Å². The predicted molar refractivity (Wildman–Crippen MR) is 89.5 cm³/mol. The van der Waals surface area contributed by atoms with Gasteiger partial charge in [-0.3, -0.25) is 14.9 Å². The molecule has 2 aliphatic rings. The lowest BCUT2D eigenvalue weighted by atomic mass is 10.0. The zero-order valence-corrected chi connectivity index (χ0v) is 13.5. The number of para-hydroxylation sites is 1. The molecule has 1 atom stereocenters. The largest absolute Gasteiger partial charge is 0.371 e. The van der Waals surface area contributed by atoms with E-state index in [1.54, 1.807) is 0 Å². The highest BCUT2D eigenvalue weighted by molar-refractivity contribution is 6.04. The molecule has 24 heavy (non-hydrogen) atoms. The summed E-state index contributed by atoms with van der Waals surface area (Å²) in [6.45, 7) is 1.83. The summed E-state index contributed by atoms with van der Waals surface area (Å²) in [7, 11) is 0. The zero-order chi connectivity index (χ0) is 16.9. The number of benzene rings is 1. The van der Waals surface area contributed by atoms with Crippen LogP contribution in [0.3, 0.4) is 0 Å². The van der Waals surface area contributed by atoms with E-state index >= 15 is 0 Å². The second-order valence-electron chi connectivity index (χ2n) is 6.22. The van der Waals surface area contributed by atoms with E-state index in [9.17, 15) is 14.4 Å². The van der Waals surface area contributed by atoms with Gasteiger partial charge in [0.1, 0.15) is 6.04 Å². The Bertz CT molecular complexity index is 612. The minimum atomic E-state index is -0.594. The maximum Gasteiger partial charge on any atom is 0.322 e. The first kappa shape index (κ1) is 16.3. The van der Waals surface area contributed by atoms with Gasteiger partial charge in [-0.2, -0.15) is 0 Å². The topological polar surface area (TPSA) is 90.5 Å². The number of nitrogens with one attached hydrogen (secondary N) is 3. The molecule has 2 fully saturated rings. The van der Waals surface area contributed by atoms with Crippen molar-refractivity contribution in [1.29, 1.82) is 0 Å². The van der Waals surface area contributed by atoms with Crippen molar-refractivity contribution in [2.45, 2.75) is 37.8 Å². The van der Waals surface area contributed by atoms with Gasteiger partial charge in [0.05, 0.1) is 0 Å². The number of carbonyl (C=O) groups excluding carboxylic acids is 3.